The van der Waals surface area contributed by atoms with E-state index in [2.05, 4.69) is 16.0 Å². The van der Waals surface area contributed by atoms with Crippen molar-refractivity contribution in [2.45, 2.75) is 72.1 Å². The van der Waals surface area contributed by atoms with Crippen molar-refractivity contribution in [2.75, 3.05) is 0 Å². The maximum absolute atomic E-state index is 12.5. The van der Waals surface area contributed by atoms with Crippen molar-refractivity contribution in [3.05, 3.63) is 0 Å². The van der Waals surface area contributed by atoms with Crippen LogP contribution in [0.3, 0.4) is 0 Å². The molecule has 0 aliphatic carbocycles. The molecule has 0 saturated carbocycles. The summed E-state index contributed by atoms with van der Waals surface area (Å²) >= 11 is 0. The highest BCUT2D eigenvalue weighted by Gasteiger charge is 2.30. The van der Waals surface area contributed by atoms with Gasteiger partial charge in [0.15, 0.2) is 0 Å². The zero-order valence-electron chi connectivity index (χ0n) is 16.3. The van der Waals surface area contributed by atoms with Gasteiger partial charge >= 0.3 is 5.97 Å². The van der Waals surface area contributed by atoms with Crippen LogP contribution in [0.25, 0.3) is 0 Å². The Labute approximate surface area is 154 Å². The Morgan fingerprint density at radius 3 is 1.77 bits per heavy atom. The molecule has 0 fully saturated rings. The molecule has 4 atom stereocenters. The third-order valence-corrected chi connectivity index (χ3v) is 3.73. The third kappa shape index (κ3) is 8.28. The van der Waals surface area contributed by atoms with Gasteiger partial charge in [-0.3, -0.25) is 14.4 Å². The summed E-state index contributed by atoms with van der Waals surface area (Å²) in [5, 5.41) is 16.7. The summed E-state index contributed by atoms with van der Waals surface area (Å²) in [6, 6.07) is -3.60. The molecule has 0 spiro atoms. The Balaban J connectivity index is 5.00. The standard InChI is InChI=1S/C17H32N4O5/c1-8(2)7-12(17(25)26)20-16(24)13(9(3)4)21-15(23)11(6)19-14(22)10(5)18/h8-13H,7,18H2,1-6H3,(H,19,22)(H,20,24)(H,21,23)(H,25,26). The van der Waals surface area contributed by atoms with E-state index in [1.54, 1.807) is 13.8 Å². The molecule has 6 N–H and O–H groups in total. The Hall–Kier alpha value is -2.16. The fourth-order valence-electron chi connectivity index (χ4n) is 2.18. The maximum Gasteiger partial charge on any atom is 0.326 e. The minimum Gasteiger partial charge on any atom is -0.480 e. The van der Waals surface area contributed by atoms with Crippen LogP contribution in [-0.4, -0.2) is 53.0 Å². The highest BCUT2D eigenvalue weighted by Crippen LogP contribution is 2.08. The largest absolute Gasteiger partial charge is 0.480 e. The van der Waals surface area contributed by atoms with Crippen molar-refractivity contribution in [1.29, 1.82) is 0 Å². The quantitative estimate of drug-likeness (QED) is 0.352. The molecule has 3 amide bonds. The molecule has 0 heterocycles. The zero-order valence-corrected chi connectivity index (χ0v) is 16.3. The van der Waals surface area contributed by atoms with Crippen LogP contribution < -0.4 is 21.7 Å². The van der Waals surface area contributed by atoms with Crippen LogP contribution in [0.4, 0.5) is 0 Å². The van der Waals surface area contributed by atoms with E-state index < -0.39 is 47.9 Å². The minimum atomic E-state index is -1.13. The molecule has 26 heavy (non-hydrogen) atoms. The predicted molar refractivity (Wildman–Crippen MR) is 97.0 cm³/mol. The first-order valence-corrected chi connectivity index (χ1v) is 8.76. The predicted octanol–water partition coefficient (Wildman–Crippen LogP) is -0.405. The summed E-state index contributed by atoms with van der Waals surface area (Å²) in [6.07, 6.45) is 0.278. The van der Waals surface area contributed by atoms with Crippen LogP contribution in [0.1, 0.15) is 48.0 Å². The van der Waals surface area contributed by atoms with Crippen LogP contribution in [0.2, 0.25) is 0 Å². The van der Waals surface area contributed by atoms with Gasteiger partial charge in [-0.15, -0.1) is 0 Å². The molecule has 0 aliphatic rings. The van der Waals surface area contributed by atoms with Gasteiger partial charge in [-0.2, -0.15) is 0 Å². The lowest BCUT2D eigenvalue weighted by atomic mass is 10.00. The molecular formula is C17H32N4O5. The van der Waals surface area contributed by atoms with Crippen molar-refractivity contribution in [3.8, 4) is 0 Å². The van der Waals surface area contributed by atoms with Crippen molar-refractivity contribution in [2.24, 2.45) is 17.6 Å². The Morgan fingerprint density at radius 1 is 0.846 bits per heavy atom. The Kier molecular flexibility index (Phi) is 9.85. The van der Waals surface area contributed by atoms with E-state index in [1.165, 1.54) is 13.8 Å². The second-order valence-corrected chi connectivity index (χ2v) is 7.28. The minimum absolute atomic E-state index is 0.0805. The lowest BCUT2D eigenvalue weighted by Crippen LogP contribution is -2.57. The number of hydrogen-bond donors (Lipinski definition) is 5. The monoisotopic (exact) mass is 372 g/mol. The van der Waals surface area contributed by atoms with Gasteiger partial charge in [0.25, 0.3) is 0 Å². The van der Waals surface area contributed by atoms with Gasteiger partial charge in [-0.1, -0.05) is 27.7 Å². The number of aliphatic carboxylic acids is 1. The number of rotatable bonds is 10. The van der Waals surface area contributed by atoms with Crippen LogP contribution in [0.5, 0.6) is 0 Å². The number of amides is 3. The van der Waals surface area contributed by atoms with Gasteiger partial charge in [0.2, 0.25) is 17.7 Å². The summed E-state index contributed by atoms with van der Waals surface area (Å²) in [6.45, 7) is 10.1. The third-order valence-electron chi connectivity index (χ3n) is 3.73. The molecule has 0 aliphatic heterocycles. The molecule has 0 bridgehead atoms. The maximum atomic E-state index is 12.5. The first kappa shape index (κ1) is 23.8. The van der Waals surface area contributed by atoms with Crippen LogP contribution >= 0.6 is 0 Å². The number of hydrogen-bond acceptors (Lipinski definition) is 5. The number of carbonyl (C=O) groups excluding carboxylic acids is 3. The topological polar surface area (TPSA) is 151 Å². The zero-order chi connectivity index (χ0) is 20.6. The van der Waals surface area contributed by atoms with Crippen molar-refractivity contribution >= 4 is 23.7 Å². The van der Waals surface area contributed by atoms with Gasteiger partial charge < -0.3 is 26.8 Å². The van der Waals surface area contributed by atoms with Crippen molar-refractivity contribution < 1.29 is 24.3 Å². The van der Waals surface area contributed by atoms with Crippen LogP contribution in [-0.2, 0) is 19.2 Å². The number of carboxylic acids is 1. The van der Waals surface area contributed by atoms with E-state index in [-0.39, 0.29) is 18.3 Å². The molecule has 0 saturated heterocycles. The van der Waals surface area contributed by atoms with Gasteiger partial charge in [0.05, 0.1) is 6.04 Å². The van der Waals surface area contributed by atoms with E-state index in [0.717, 1.165) is 0 Å². The van der Waals surface area contributed by atoms with E-state index in [1.807, 2.05) is 13.8 Å². The first-order valence-electron chi connectivity index (χ1n) is 8.76. The summed E-state index contributed by atoms with van der Waals surface area (Å²) in [4.78, 5) is 47.6. The van der Waals surface area contributed by atoms with Crippen molar-refractivity contribution in [3.63, 3.8) is 0 Å². The lowest BCUT2D eigenvalue weighted by Gasteiger charge is -2.26. The first-order chi connectivity index (χ1) is 11.9. The molecule has 150 valence electrons. The van der Waals surface area contributed by atoms with Gasteiger partial charge in [0, 0.05) is 0 Å². The second kappa shape index (κ2) is 10.7. The van der Waals surface area contributed by atoms with Gasteiger partial charge in [0.1, 0.15) is 18.1 Å². The van der Waals surface area contributed by atoms with Crippen LogP contribution in [0.15, 0.2) is 0 Å². The molecule has 9 heteroatoms. The summed E-state index contributed by atoms with van der Waals surface area (Å²) in [7, 11) is 0. The normalized spacial score (nSPS) is 15.7. The van der Waals surface area contributed by atoms with E-state index >= 15 is 0 Å². The Morgan fingerprint density at radius 2 is 1.38 bits per heavy atom. The smallest absolute Gasteiger partial charge is 0.326 e. The lowest BCUT2D eigenvalue weighted by molar-refractivity contribution is -0.143. The van der Waals surface area contributed by atoms with E-state index in [4.69, 9.17) is 5.73 Å². The molecule has 0 aromatic rings. The molecule has 9 nitrogen and oxygen atoms in total. The molecule has 0 aromatic carbocycles. The number of nitrogens with one attached hydrogen (secondary N) is 3. The fourth-order valence-corrected chi connectivity index (χ4v) is 2.18. The molecule has 0 aromatic heterocycles. The van der Waals surface area contributed by atoms with Gasteiger partial charge in [-0.05, 0) is 32.1 Å². The average Bonchev–Trinajstić information content (AvgIpc) is 2.50. The average molecular weight is 372 g/mol. The molecule has 0 rings (SSSR count). The number of carboxylic acid groups (broad SMARTS) is 1. The van der Waals surface area contributed by atoms with Gasteiger partial charge in [-0.25, -0.2) is 4.79 Å². The molecular weight excluding hydrogens is 340 g/mol. The summed E-state index contributed by atoms with van der Waals surface area (Å²) < 4.78 is 0. The fraction of sp³-hybridized carbons (Fsp3) is 0.765. The van der Waals surface area contributed by atoms with Crippen molar-refractivity contribution in [1.82, 2.24) is 16.0 Å². The van der Waals surface area contributed by atoms with Crippen LogP contribution in [0, 0.1) is 11.8 Å². The van der Waals surface area contributed by atoms with E-state index in [0.29, 0.717) is 0 Å². The molecule has 0 radical (unpaired) electrons. The highest BCUT2D eigenvalue weighted by molar-refractivity contribution is 5.93. The summed E-state index contributed by atoms with van der Waals surface area (Å²) in [5.74, 6) is -2.93. The molecule has 4 unspecified atom stereocenters. The number of carbonyl (C=O) groups is 4. The van der Waals surface area contributed by atoms with E-state index in [9.17, 15) is 24.3 Å². The summed E-state index contributed by atoms with van der Waals surface area (Å²) in [5.41, 5.74) is 5.44. The Bertz CT molecular complexity index is 519. The number of nitrogens with two attached hydrogens (primary N) is 1. The second-order valence-electron chi connectivity index (χ2n) is 7.28. The highest BCUT2D eigenvalue weighted by atomic mass is 16.4. The SMILES string of the molecule is CC(C)CC(NC(=O)C(NC(=O)C(C)NC(=O)C(C)N)C(C)C)C(=O)O.